The number of hydrogen-bond acceptors (Lipinski definition) is 33. The Morgan fingerprint density at radius 2 is 0.958 bits per heavy atom. The van der Waals surface area contributed by atoms with Gasteiger partial charge in [0.15, 0.2) is 43.5 Å². The van der Waals surface area contributed by atoms with Crippen molar-refractivity contribution < 1.29 is 164 Å². The molecule has 41 unspecified atom stereocenters. The van der Waals surface area contributed by atoms with Gasteiger partial charge in [0.05, 0.1) is 58.5 Å². The molecule has 0 aromatic carbocycles. The summed E-state index contributed by atoms with van der Waals surface area (Å²) in [5.74, 6) is -0.144. The van der Waals surface area contributed by atoms with E-state index in [2.05, 4.69) is 20.8 Å². The molecule has 95 heavy (non-hydrogen) atoms. The second-order valence-electron chi connectivity index (χ2n) is 29.4. The lowest BCUT2D eigenvalue weighted by Gasteiger charge is -2.61. The smallest absolute Gasteiger partial charge is 0.187 e. The van der Waals surface area contributed by atoms with Gasteiger partial charge in [-0.2, -0.15) is 0 Å². The summed E-state index contributed by atoms with van der Waals surface area (Å²) in [6, 6.07) is 0. The van der Waals surface area contributed by atoms with Crippen molar-refractivity contribution in [1.82, 2.24) is 0 Å². The van der Waals surface area contributed by atoms with Crippen molar-refractivity contribution in [1.29, 1.82) is 0 Å². The minimum atomic E-state index is -2.21. The van der Waals surface area contributed by atoms with Crippen LogP contribution >= 0.6 is 0 Å². The van der Waals surface area contributed by atoms with E-state index in [1.807, 2.05) is 6.92 Å². The topological polar surface area (TPSA) is 525 Å². The Morgan fingerprint density at radius 1 is 0.453 bits per heavy atom. The molecule has 11 rings (SSSR count). The molecular formula is C62H104O33. The fraction of sp³-hybridized carbons (Fsp3) is 1.00. The molecule has 0 amide bonds. The van der Waals surface area contributed by atoms with Crippen LogP contribution in [0.4, 0.5) is 0 Å². The number of aliphatic hydroxyl groups excluding tert-OH is 19. The van der Waals surface area contributed by atoms with Crippen molar-refractivity contribution in [2.45, 2.75) is 288 Å². The molecule has 0 aromatic rings. The molecule has 0 bridgehead atoms. The third kappa shape index (κ3) is 14.1. The number of hydrogen-bond donors (Lipinski definition) is 20. The maximum absolute atomic E-state index is 12.2. The molecule has 4 aliphatic carbocycles. The fourth-order valence-corrected chi connectivity index (χ4v) is 18.3. The predicted molar refractivity (Wildman–Crippen MR) is 311 cm³/mol. The standard InChI is InChI=1S/C62H104O33/c1-22(20-83-54-46(78)42(74)38(70)31(15-63)86-54)7-12-62(82)23(2)36-30(95-62)14-28-26-6-5-24-13-25(8-10-60(24,3)27(26)9-11-61(28,36)4)85-56-48(80)44(76)50(35(19-67)90-56)91-59-53(52(41(73)34(18-66)89-59)93-55-45(77)37(69)29(68)21-84-55)94-58-49(81)51(40(72)33(17-65)88-58)92-57-47(79)43(75)39(71)32(16-64)87-57/h22-59,63-82H,5-21H2,1-4H3. The molecule has 11 aliphatic rings. The zero-order chi connectivity index (χ0) is 68.7. The second kappa shape index (κ2) is 30.2. The molecule has 7 aliphatic heterocycles. The highest BCUT2D eigenvalue weighted by atomic mass is 16.8. The zero-order valence-electron chi connectivity index (χ0n) is 53.7. The van der Waals surface area contributed by atoms with Gasteiger partial charge < -0.3 is 164 Å². The molecule has 0 radical (unpaired) electrons. The van der Waals surface area contributed by atoms with Gasteiger partial charge in [-0.15, -0.1) is 0 Å². The summed E-state index contributed by atoms with van der Waals surface area (Å²) in [5, 5.41) is 217. The van der Waals surface area contributed by atoms with Gasteiger partial charge in [-0.25, -0.2) is 0 Å². The lowest BCUT2D eigenvalue weighted by atomic mass is 9.44. The average Bonchev–Trinajstić information content (AvgIpc) is 1.56. The van der Waals surface area contributed by atoms with Crippen LogP contribution in [0.15, 0.2) is 0 Å². The fourth-order valence-electron chi connectivity index (χ4n) is 18.3. The van der Waals surface area contributed by atoms with Crippen LogP contribution in [-0.2, 0) is 61.6 Å². The monoisotopic (exact) mass is 1380 g/mol. The van der Waals surface area contributed by atoms with E-state index in [0.717, 1.165) is 38.5 Å². The van der Waals surface area contributed by atoms with Crippen LogP contribution in [0.5, 0.6) is 0 Å². The van der Waals surface area contributed by atoms with Crippen molar-refractivity contribution in [2.75, 3.05) is 46.2 Å². The highest BCUT2D eigenvalue weighted by Crippen LogP contribution is 2.71. The predicted octanol–water partition coefficient (Wildman–Crippen LogP) is -7.67. The zero-order valence-corrected chi connectivity index (χ0v) is 53.7. The molecule has 20 N–H and O–H groups in total. The number of ether oxygens (including phenoxy) is 13. The number of aliphatic hydroxyl groups is 20. The summed E-state index contributed by atoms with van der Waals surface area (Å²) in [4.78, 5) is 0. The van der Waals surface area contributed by atoms with Crippen molar-refractivity contribution in [2.24, 2.45) is 52.3 Å². The van der Waals surface area contributed by atoms with Crippen LogP contribution in [-0.4, -0.2) is 345 Å². The summed E-state index contributed by atoms with van der Waals surface area (Å²) in [5.41, 5.74) is -0.156. The van der Waals surface area contributed by atoms with Gasteiger partial charge in [0, 0.05) is 12.3 Å². The lowest BCUT2D eigenvalue weighted by molar-refractivity contribution is -0.409. The Kier molecular flexibility index (Phi) is 23.8. The molecule has 4 saturated carbocycles. The van der Waals surface area contributed by atoms with Crippen LogP contribution in [0.25, 0.3) is 0 Å². The molecule has 33 heteroatoms. The van der Waals surface area contributed by atoms with Crippen LogP contribution in [0.3, 0.4) is 0 Å². The average molecular weight is 1380 g/mol. The van der Waals surface area contributed by atoms with Crippen LogP contribution in [0, 0.1) is 52.3 Å². The quantitative estimate of drug-likeness (QED) is 0.0475. The number of fused-ring (bicyclic) bond motifs is 7. The Bertz CT molecular complexity index is 2460. The van der Waals surface area contributed by atoms with Gasteiger partial charge in [-0.05, 0) is 104 Å². The van der Waals surface area contributed by atoms with Crippen LogP contribution in [0.1, 0.15) is 91.9 Å². The Morgan fingerprint density at radius 3 is 1.60 bits per heavy atom. The van der Waals surface area contributed by atoms with E-state index in [-0.39, 0.29) is 47.2 Å². The first-order valence-electron chi connectivity index (χ1n) is 33.8. The minimum absolute atomic E-state index is 0.0703. The third-order valence-electron chi connectivity index (χ3n) is 23.9. The van der Waals surface area contributed by atoms with Gasteiger partial charge in [0.2, 0.25) is 0 Å². The molecular weight excluding hydrogens is 1270 g/mol. The summed E-state index contributed by atoms with van der Waals surface area (Å²) in [6.45, 7) is 4.00. The second-order valence-corrected chi connectivity index (χ2v) is 29.4. The van der Waals surface area contributed by atoms with Gasteiger partial charge >= 0.3 is 0 Å². The summed E-state index contributed by atoms with van der Waals surface area (Å²) >= 11 is 0. The van der Waals surface area contributed by atoms with Crippen molar-refractivity contribution >= 4 is 0 Å². The van der Waals surface area contributed by atoms with Crippen LogP contribution < -0.4 is 0 Å². The van der Waals surface area contributed by atoms with Gasteiger partial charge in [0.1, 0.15) is 140 Å². The maximum atomic E-state index is 12.2. The first-order chi connectivity index (χ1) is 45.1. The van der Waals surface area contributed by atoms with Gasteiger partial charge in [-0.1, -0.05) is 27.7 Å². The van der Waals surface area contributed by atoms with Crippen molar-refractivity contribution in [3.8, 4) is 0 Å². The molecule has 550 valence electrons. The molecule has 0 aromatic heterocycles. The molecule has 41 atom stereocenters. The first kappa shape index (κ1) is 74.9. The van der Waals surface area contributed by atoms with E-state index in [1.165, 1.54) is 0 Å². The maximum Gasteiger partial charge on any atom is 0.187 e. The van der Waals surface area contributed by atoms with E-state index < -0.39 is 230 Å². The van der Waals surface area contributed by atoms with E-state index in [0.29, 0.717) is 43.4 Å². The third-order valence-corrected chi connectivity index (χ3v) is 23.9. The van der Waals surface area contributed by atoms with Crippen molar-refractivity contribution in [3.63, 3.8) is 0 Å². The molecule has 7 heterocycles. The minimum Gasteiger partial charge on any atom is -0.394 e. The van der Waals surface area contributed by atoms with E-state index >= 15 is 0 Å². The van der Waals surface area contributed by atoms with E-state index in [4.69, 9.17) is 61.6 Å². The first-order valence-corrected chi connectivity index (χ1v) is 33.8. The Balaban J connectivity index is 0.734. The summed E-state index contributed by atoms with van der Waals surface area (Å²) in [6.07, 6.45) is -44.9. The molecule has 11 fully saturated rings. The summed E-state index contributed by atoms with van der Waals surface area (Å²) < 4.78 is 77.9. The SMILES string of the molecule is CC(CCC1(O)OC2CC3C4CCC5CC(OC6OC(CO)C(OC7OC(CO)C(O)C(OC8OCC(O)C(O)C8O)C7OC7OC(CO)C(O)C(OC8OC(CO)C(O)C(O)C8O)C7O)C(O)C6O)CCC5(C)C4CCC3(C)C2C1C)COC1OC(CO)C(O)C(O)C1O. The van der Waals surface area contributed by atoms with Gasteiger partial charge in [-0.3, -0.25) is 0 Å². The number of rotatable bonds is 21. The normalized spacial score (nSPS) is 55.3. The highest BCUT2D eigenvalue weighted by Gasteiger charge is 2.69. The Labute approximate surface area is 548 Å². The highest BCUT2D eigenvalue weighted by molar-refractivity contribution is 5.15. The van der Waals surface area contributed by atoms with E-state index in [1.54, 1.807) is 0 Å². The molecule has 0 spiro atoms. The molecule has 33 nitrogen and oxygen atoms in total. The van der Waals surface area contributed by atoms with E-state index in [9.17, 15) is 102 Å². The van der Waals surface area contributed by atoms with Crippen molar-refractivity contribution in [3.05, 3.63) is 0 Å². The lowest BCUT2D eigenvalue weighted by Crippen LogP contribution is -2.69. The van der Waals surface area contributed by atoms with Crippen LogP contribution in [0.2, 0.25) is 0 Å². The van der Waals surface area contributed by atoms with Gasteiger partial charge in [0.25, 0.3) is 0 Å². The largest absolute Gasteiger partial charge is 0.394 e. The Hall–Kier alpha value is -1.32. The summed E-state index contributed by atoms with van der Waals surface area (Å²) in [7, 11) is 0. The molecule has 7 saturated heterocycles.